The normalized spacial score (nSPS) is 15.4. The van der Waals surface area contributed by atoms with Gasteiger partial charge in [-0.25, -0.2) is 4.98 Å². The first-order chi connectivity index (χ1) is 8.24. The van der Waals surface area contributed by atoms with Gasteiger partial charge in [-0.15, -0.1) is 0 Å². The highest BCUT2D eigenvalue weighted by Gasteiger charge is 2.24. The van der Waals surface area contributed by atoms with Crippen molar-refractivity contribution in [1.29, 1.82) is 0 Å². The molecular formula is C10H11BrN2O3S. The molecule has 92 valence electrons. The predicted octanol–water partition coefficient (Wildman–Crippen LogP) is 1.55. The molecule has 0 radical (unpaired) electrons. The van der Waals surface area contributed by atoms with Gasteiger partial charge >= 0.3 is 0 Å². The Morgan fingerprint density at radius 3 is 3.00 bits per heavy atom. The molecule has 0 bridgehead atoms. The first-order valence-electron chi connectivity index (χ1n) is 4.99. The number of aromatic nitrogens is 2. The van der Waals surface area contributed by atoms with Crippen molar-refractivity contribution < 1.29 is 14.3 Å². The Hall–Kier alpha value is -0.660. The summed E-state index contributed by atoms with van der Waals surface area (Å²) in [5.41, 5.74) is 0.409. The third kappa shape index (κ3) is 2.97. The molecule has 1 saturated heterocycles. The van der Waals surface area contributed by atoms with Gasteiger partial charge in [-0.2, -0.15) is 4.98 Å². The van der Waals surface area contributed by atoms with Crippen molar-refractivity contribution in [2.24, 2.45) is 0 Å². The predicted molar refractivity (Wildman–Crippen MR) is 67.2 cm³/mol. The Morgan fingerprint density at radius 1 is 1.71 bits per heavy atom. The number of hydrogen-bond acceptors (Lipinski definition) is 6. The molecule has 5 nitrogen and oxygen atoms in total. The maximum absolute atomic E-state index is 11.7. The summed E-state index contributed by atoms with van der Waals surface area (Å²) in [6.45, 7) is 1.08. The molecule has 0 amide bonds. The summed E-state index contributed by atoms with van der Waals surface area (Å²) in [6.07, 6.45) is 3.37. The maximum Gasteiger partial charge on any atom is 0.228 e. The van der Waals surface area contributed by atoms with E-state index in [0.29, 0.717) is 29.8 Å². The Kier molecular flexibility index (Phi) is 4.36. The smallest absolute Gasteiger partial charge is 0.228 e. The fourth-order valence-corrected chi connectivity index (χ4v) is 1.88. The van der Waals surface area contributed by atoms with Crippen molar-refractivity contribution >= 4 is 33.5 Å². The minimum atomic E-state index is -0.0899. The Labute approximate surface area is 111 Å². The molecule has 0 spiro atoms. The van der Waals surface area contributed by atoms with Gasteiger partial charge in [-0.1, -0.05) is 27.7 Å². The SMILES string of the molecule is CSc1ncc(C(=O)CBr)c(OC2COC2)n1. The van der Waals surface area contributed by atoms with Gasteiger partial charge in [0.2, 0.25) is 5.88 Å². The van der Waals surface area contributed by atoms with Crippen LogP contribution in [0.1, 0.15) is 10.4 Å². The number of thioether (sulfide) groups is 1. The van der Waals surface area contributed by atoms with E-state index in [0.717, 1.165) is 0 Å². The standard InChI is InChI=1S/C10H11BrN2O3S/c1-17-10-12-3-7(8(14)2-11)9(13-10)16-6-4-15-5-6/h3,6H,2,4-5H2,1H3. The molecule has 1 aliphatic heterocycles. The van der Waals surface area contributed by atoms with Gasteiger partial charge in [0.25, 0.3) is 0 Å². The minimum absolute atomic E-state index is 0.0125. The van der Waals surface area contributed by atoms with Crippen LogP contribution in [0.3, 0.4) is 0 Å². The summed E-state index contributed by atoms with van der Waals surface area (Å²) in [6, 6.07) is 0. The fraction of sp³-hybridized carbons (Fsp3) is 0.500. The van der Waals surface area contributed by atoms with Crippen LogP contribution in [-0.4, -0.2) is 46.7 Å². The molecule has 7 heteroatoms. The van der Waals surface area contributed by atoms with Gasteiger partial charge < -0.3 is 9.47 Å². The van der Waals surface area contributed by atoms with Crippen molar-refractivity contribution in [3.05, 3.63) is 11.8 Å². The van der Waals surface area contributed by atoms with E-state index < -0.39 is 0 Å². The zero-order valence-corrected chi connectivity index (χ0v) is 11.6. The molecule has 2 heterocycles. The van der Waals surface area contributed by atoms with Crippen LogP contribution >= 0.6 is 27.7 Å². The van der Waals surface area contributed by atoms with Crippen molar-refractivity contribution in [2.45, 2.75) is 11.3 Å². The average molecular weight is 319 g/mol. The summed E-state index contributed by atoms with van der Waals surface area (Å²) in [5.74, 6) is 0.259. The largest absolute Gasteiger partial charge is 0.469 e. The van der Waals surface area contributed by atoms with Gasteiger partial charge in [-0.3, -0.25) is 4.79 Å². The number of rotatable bonds is 5. The van der Waals surface area contributed by atoms with E-state index in [-0.39, 0.29) is 17.2 Å². The van der Waals surface area contributed by atoms with E-state index >= 15 is 0 Å². The second-order valence-corrected chi connectivity index (χ2v) is 4.74. The lowest BCUT2D eigenvalue weighted by Crippen LogP contribution is -2.39. The van der Waals surface area contributed by atoms with Crippen molar-refractivity contribution in [2.75, 3.05) is 24.8 Å². The van der Waals surface area contributed by atoms with Gasteiger partial charge in [0, 0.05) is 6.20 Å². The number of Topliss-reactive ketones (excluding diaryl/α,β-unsaturated/α-hetero) is 1. The lowest BCUT2D eigenvalue weighted by atomic mass is 10.2. The second kappa shape index (κ2) is 5.79. The van der Waals surface area contributed by atoms with E-state index in [1.165, 1.54) is 18.0 Å². The van der Waals surface area contributed by atoms with Gasteiger partial charge in [0.1, 0.15) is 6.10 Å². The molecule has 0 aromatic carbocycles. The maximum atomic E-state index is 11.7. The molecule has 0 aliphatic carbocycles. The number of nitrogens with zero attached hydrogens (tertiary/aromatic N) is 2. The van der Waals surface area contributed by atoms with Crippen LogP contribution in [0.5, 0.6) is 5.88 Å². The number of carbonyl (C=O) groups excluding carboxylic acids is 1. The van der Waals surface area contributed by atoms with Crippen LogP contribution in [0.4, 0.5) is 0 Å². The highest BCUT2D eigenvalue weighted by atomic mass is 79.9. The summed E-state index contributed by atoms with van der Waals surface area (Å²) in [4.78, 5) is 20.0. The molecule has 0 unspecified atom stereocenters. The summed E-state index contributed by atoms with van der Waals surface area (Å²) in [5, 5.41) is 0.818. The average Bonchev–Trinajstić information content (AvgIpc) is 2.32. The number of hydrogen-bond donors (Lipinski definition) is 0. The molecule has 1 aliphatic rings. The first kappa shape index (κ1) is 12.8. The monoisotopic (exact) mass is 318 g/mol. The summed E-state index contributed by atoms with van der Waals surface area (Å²) < 4.78 is 10.6. The quantitative estimate of drug-likeness (QED) is 0.355. The van der Waals surface area contributed by atoms with E-state index in [2.05, 4.69) is 25.9 Å². The lowest BCUT2D eigenvalue weighted by molar-refractivity contribution is -0.0817. The van der Waals surface area contributed by atoms with E-state index in [1.807, 2.05) is 6.26 Å². The number of carbonyl (C=O) groups is 1. The summed E-state index contributed by atoms with van der Waals surface area (Å²) in [7, 11) is 0. The fourth-order valence-electron chi connectivity index (χ4n) is 1.24. The van der Waals surface area contributed by atoms with E-state index in [4.69, 9.17) is 9.47 Å². The number of ether oxygens (including phenoxy) is 2. The van der Waals surface area contributed by atoms with Crippen molar-refractivity contribution in [1.82, 2.24) is 9.97 Å². The molecular weight excluding hydrogens is 308 g/mol. The topological polar surface area (TPSA) is 61.3 Å². The Balaban J connectivity index is 2.25. The molecule has 2 rings (SSSR count). The molecule has 0 atom stereocenters. The molecule has 17 heavy (non-hydrogen) atoms. The van der Waals surface area contributed by atoms with Crippen LogP contribution in [0, 0.1) is 0 Å². The number of ketones is 1. The van der Waals surface area contributed by atoms with Crippen LogP contribution in [0.25, 0.3) is 0 Å². The number of alkyl halides is 1. The highest BCUT2D eigenvalue weighted by molar-refractivity contribution is 9.09. The van der Waals surface area contributed by atoms with Crippen LogP contribution in [0.2, 0.25) is 0 Å². The Morgan fingerprint density at radius 2 is 2.47 bits per heavy atom. The minimum Gasteiger partial charge on any atom is -0.469 e. The molecule has 1 aromatic rings. The first-order valence-corrected chi connectivity index (χ1v) is 7.33. The van der Waals surface area contributed by atoms with Crippen molar-refractivity contribution in [3.63, 3.8) is 0 Å². The highest BCUT2D eigenvalue weighted by Crippen LogP contribution is 2.22. The molecule has 1 fully saturated rings. The lowest BCUT2D eigenvalue weighted by Gasteiger charge is -2.26. The zero-order chi connectivity index (χ0) is 12.3. The Bertz CT molecular complexity index is 426. The van der Waals surface area contributed by atoms with Crippen LogP contribution in [0.15, 0.2) is 11.4 Å². The van der Waals surface area contributed by atoms with Crippen molar-refractivity contribution in [3.8, 4) is 5.88 Å². The van der Waals surface area contributed by atoms with Crippen LogP contribution < -0.4 is 4.74 Å². The third-order valence-corrected chi connectivity index (χ3v) is 3.29. The van der Waals surface area contributed by atoms with E-state index in [9.17, 15) is 4.79 Å². The van der Waals surface area contributed by atoms with Gasteiger partial charge in [0.15, 0.2) is 10.9 Å². The van der Waals surface area contributed by atoms with Gasteiger partial charge in [-0.05, 0) is 6.26 Å². The molecule has 1 aromatic heterocycles. The third-order valence-electron chi connectivity index (χ3n) is 2.22. The summed E-state index contributed by atoms with van der Waals surface area (Å²) >= 11 is 4.54. The molecule has 0 saturated carbocycles. The van der Waals surface area contributed by atoms with Crippen LogP contribution in [-0.2, 0) is 4.74 Å². The second-order valence-electron chi connectivity index (χ2n) is 3.41. The molecule has 0 N–H and O–H groups in total. The number of halogens is 1. The van der Waals surface area contributed by atoms with E-state index in [1.54, 1.807) is 0 Å². The zero-order valence-electron chi connectivity index (χ0n) is 9.18. The van der Waals surface area contributed by atoms with Gasteiger partial charge in [0.05, 0.1) is 24.1 Å².